The van der Waals surface area contributed by atoms with E-state index in [1.165, 1.54) is 0 Å². The summed E-state index contributed by atoms with van der Waals surface area (Å²) in [6.45, 7) is 4.34. The molecular formula is C19H18N2O2. The largest absolute Gasteiger partial charge is 0.508 e. The summed E-state index contributed by atoms with van der Waals surface area (Å²) in [4.78, 5) is 4.58. The standard InChI is InChI=1S/C19H18N2O2/c1-19(2)15(13-10-6-7-11-14(13)22)16(19)18-20-17(21-23-18)12-8-4-3-5-9-12/h3-11,15-16,22H,1-2H3. The number of phenolic OH excluding ortho intramolecular Hbond substituents is 1. The summed E-state index contributed by atoms with van der Waals surface area (Å²) in [6.07, 6.45) is 0. The first-order chi connectivity index (χ1) is 11.1. The first-order valence-corrected chi connectivity index (χ1v) is 7.76. The van der Waals surface area contributed by atoms with Crippen LogP contribution in [0.25, 0.3) is 11.4 Å². The zero-order valence-electron chi connectivity index (χ0n) is 13.1. The Labute approximate surface area is 134 Å². The number of aromatic hydroxyl groups is 1. The van der Waals surface area contributed by atoms with Crippen LogP contribution in [-0.2, 0) is 0 Å². The third kappa shape index (κ3) is 2.22. The Morgan fingerprint density at radius 1 is 0.957 bits per heavy atom. The average molecular weight is 306 g/mol. The van der Waals surface area contributed by atoms with E-state index in [4.69, 9.17) is 4.52 Å². The minimum absolute atomic E-state index is 0.0146. The predicted octanol–water partition coefficient (Wildman–Crippen LogP) is 4.35. The van der Waals surface area contributed by atoms with Gasteiger partial charge in [0.05, 0.1) is 5.92 Å². The number of rotatable bonds is 3. The third-order valence-electron chi connectivity index (χ3n) is 4.84. The van der Waals surface area contributed by atoms with Gasteiger partial charge in [-0.25, -0.2) is 0 Å². The summed E-state index contributed by atoms with van der Waals surface area (Å²) < 4.78 is 5.53. The quantitative estimate of drug-likeness (QED) is 0.781. The molecule has 1 aliphatic carbocycles. The number of phenols is 1. The number of hydrogen-bond donors (Lipinski definition) is 1. The van der Waals surface area contributed by atoms with E-state index in [9.17, 15) is 5.11 Å². The van der Waals surface area contributed by atoms with E-state index in [1.54, 1.807) is 6.07 Å². The van der Waals surface area contributed by atoms with Crippen molar-refractivity contribution in [1.29, 1.82) is 0 Å². The second-order valence-electron chi connectivity index (χ2n) is 6.66. The molecule has 3 aromatic rings. The van der Waals surface area contributed by atoms with Crippen molar-refractivity contribution in [2.45, 2.75) is 25.7 Å². The van der Waals surface area contributed by atoms with Crippen LogP contribution >= 0.6 is 0 Å². The van der Waals surface area contributed by atoms with Gasteiger partial charge in [0, 0.05) is 11.5 Å². The van der Waals surface area contributed by atoms with Crippen molar-refractivity contribution in [2.24, 2.45) is 5.41 Å². The van der Waals surface area contributed by atoms with E-state index < -0.39 is 0 Å². The summed E-state index contributed by atoms with van der Waals surface area (Å²) in [5.74, 6) is 1.89. The van der Waals surface area contributed by atoms with E-state index in [0.717, 1.165) is 11.1 Å². The lowest BCUT2D eigenvalue weighted by Crippen LogP contribution is -1.91. The lowest BCUT2D eigenvalue weighted by atomic mass is 10.0. The molecule has 4 rings (SSSR count). The van der Waals surface area contributed by atoms with Crippen molar-refractivity contribution < 1.29 is 9.63 Å². The highest BCUT2D eigenvalue weighted by Gasteiger charge is 2.62. The van der Waals surface area contributed by atoms with Gasteiger partial charge >= 0.3 is 0 Å². The Kier molecular flexibility index (Phi) is 3.01. The highest BCUT2D eigenvalue weighted by molar-refractivity contribution is 5.54. The zero-order chi connectivity index (χ0) is 16.0. The molecule has 0 bridgehead atoms. The first-order valence-electron chi connectivity index (χ1n) is 7.76. The summed E-state index contributed by atoms with van der Waals surface area (Å²) in [6, 6.07) is 17.3. The fourth-order valence-corrected chi connectivity index (χ4v) is 3.50. The van der Waals surface area contributed by atoms with Gasteiger partial charge in [0.25, 0.3) is 0 Å². The average Bonchev–Trinajstić information content (AvgIpc) is 2.91. The van der Waals surface area contributed by atoms with E-state index in [2.05, 4.69) is 24.0 Å². The fraction of sp³-hybridized carbons (Fsp3) is 0.263. The Morgan fingerprint density at radius 3 is 2.39 bits per heavy atom. The molecule has 4 heteroatoms. The van der Waals surface area contributed by atoms with Gasteiger partial charge in [-0.05, 0) is 17.0 Å². The van der Waals surface area contributed by atoms with Crippen LogP contribution in [0, 0.1) is 5.41 Å². The Morgan fingerprint density at radius 2 is 1.65 bits per heavy atom. The molecule has 1 aromatic heterocycles. The molecule has 1 aliphatic rings. The van der Waals surface area contributed by atoms with Gasteiger partial charge < -0.3 is 9.63 Å². The Balaban J connectivity index is 1.67. The normalized spacial score (nSPS) is 22.0. The number of nitrogens with zero attached hydrogens (tertiary/aromatic N) is 2. The first kappa shape index (κ1) is 14.0. The van der Waals surface area contributed by atoms with Crippen molar-refractivity contribution in [3.63, 3.8) is 0 Å². The Hall–Kier alpha value is -2.62. The maximum atomic E-state index is 10.1. The summed E-state index contributed by atoms with van der Waals surface area (Å²) >= 11 is 0. The Bertz CT molecular complexity index is 839. The van der Waals surface area contributed by atoms with Gasteiger partial charge in [0.1, 0.15) is 5.75 Å². The summed E-state index contributed by atoms with van der Waals surface area (Å²) in [7, 11) is 0. The van der Waals surface area contributed by atoms with Crippen molar-refractivity contribution in [1.82, 2.24) is 10.1 Å². The number of aromatic nitrogens is 2. The molecule has 116 valence electrons. The van der Waals surface area contributed by atoms with E-state index in [0.29, 0.717) is 17.5 Å². The monoisotopic (exact) mass is 306 g/mol. The zero-order valence-corrected chi connectivity index (χ0v) is 13.1. The molecule has 1 N–H and O–H groups in total. The van der Waals surface area contributed by atoms with Crippen molar-refractivity contribution >= 4 is 0 Å². The smallest absolute Gasteiger partial charge is 0.231 e. The van der Waals surface area contributed by atoms with Crippen LogP contribution in [0.4, 0.5) is 0 Å². The minimum atomic E-state index is -0.0146. The molecule has 1 fully saturated rings. The van der Waals surface area contributed by atoms with Crippen LogP contribution in [0.1, 0.15) is 37.1 Å². The second kappa shape index (κ2) is 4.95. The molecule has 2 atom stereocenters. The molecule has 0 saturated heterocycles. The lowest BCUT2D eigenvalue weighted by molar-refractivity contribution is 0.368. The molecular weight excluding hydrogens is 288 g/mol. The molecule has 4 nitrogen and oxygen atoms in total. The fourth-order valence-electron chi connectivity index (χ4n) is 3.50. The molecule has 0 amide bonds. The van der Waals surface area contributed by atoms with Crippen LogP contribution in [-0.4, -0.2) is 15.2 Å². The van der Waals surface area contributed by atoms with Crippen LogP contribution in [0.5, 0.6) is 5.75 Å². The van der Waals surface area contributed by atoms with Gasteiger partial charge in [-0.15, -0.1) is 0 Å². The molecule has 2 unspecified atom stereocenters. The van der Waals surface area contributed by atoms with Crippen LogP contribution in [0.2, 0.25) is 0 Å². The van der Waals surface area contributed by atoms with Crippen molar-refractivity contribution in [3.8, 4) is 17.1 Å². The molecule has 23 heavy (non-hydrogen) atoms. The molecule has 2 aromatic carbocycles. The SMILES string of the molecule is CC1(C)C(c2nc(-c3ccccc3)no2)C1c1ccccc1O. The topological polar surface area (TPSA) is 59.2 Å². The van der Waals surface area contributed by atoms with Crippen LogP contribution < -0.4 is 0 Å². The highest BCUT2D eigenvalue weighted by atomic mass is 16.5. The van der Waals surface area contributed by atoms with Crippen molar-refractivity contribution in [3.05, 3.63) is 66.1 Å². The number of para-hydroxylation sites is 1. The maximum Gasteiger partial charge on any atom is 0.231 e. The minimum Gasteiger partial charge on any atom is -0.508 e. The third-order valence-corrected chi connectivity index (χ3v) is 4.84. The maximum absolute atomic E-state index is 10.1. The van der Waals surface area contributed by atoms with Gasteiger partial charge in [0.2, 0.25) is 11.7 Å². The molecule has 0 aliphatic heterocycles. The second-order valence-corrected chi connectivity index (χ2v) is 6.66. The predicted molar refractivity (Wildman–Crippen MR) is 87.1 cm³/mol. The van der Waals surface area contributed by atoms with Crippen molar-refractivity contribution in [2.75, 3.05) is 0 Å². The van der Waals surface area contributed by atoms with Gasteiger partial charge in [0.15, 0.2) is 0 Å². The summed E-state index contributed by atoms with van der Waals surface area (Å²) in [5.41, 5.74) is 1.88. The summed E-state index contributed by atoms with van der Waals surface area (Å²) in [5, 5.41) is 14.2. The van der Waals surface area contributed by atoms with Gasteiger partial charge in [-0.2, -0.15) is 4.98 Å². The van der Waals surface area contributed by atoms with E-state index in [1.807, 2.05) is 48.5 Å². The molecule has 1 saturated carbocycles. The highest BCUT2D eigenvalue weighted by Crippen LogP contribution is 2.70. The number of benzene rings is 2. The van der Waals surface area contributed by atoms with Gasteiger partial charge in [-0.3, -0.25) is 0 Å². The van der Waals surface area contributed by atoms with Crippen LogP contribution in [0.15, 0.2) is 59.1 Å². The number of hydrogen-bond acceptors (Lipinski definition) is 4. The molecule has 0 spiro atoms. The van der Waals surface area contributed by atoms with Crippen LogP contribution in [0.3, 0.4) is 0 Å². The lowest BCUT2D eigenvalue weighted by Gasteiger charge is -2.04. The van der Waals surface area contributed by atoms with E-state index in [-0.39, 0.29) is 17.3 Å². The molecule has 1 heterocycles. The van der Waals surface area contributed by atoms with Gasteiger partial charge in [-0.1, -0.05) is 67.5 Å². The molecule has 0 radical (unpaired) electrons. The van der Waals surface area contributed by atoms with E-state index >= 15 is 0 Å².